The first-order chi connectivity index (χ1) is 8.90. The monoisotopic (exact) mass is 282 g/mol. The highest BCUT2D eigenvalue weighted by Gasteiger charge is 2.18. The lowest BCUT2D eigenvalue weighted by Crippen LogP contribution is -1.98. The summed E-state index contributed by atoms with van der Waals surface area (Å²) < 4.78 is 31.1. The summed E-state index contributed by atoms with van der Waals surface area (Å²) in [6.07, 6.45) is 0. The molecule has 0 unspecified atom stereocenters. The molecule has 0 radical (unpaired) electrons. The SMILES string of the molecule is CC(C)c1nc(-c2cc(F)c(F)cc2C(C)C)ns1. The summed E-state index contributed by atoms with van der Waals surface area (Å²) >= 11 is 1.31. The molecule has 0 saturated carbocycles. The predicted octanol–water partition coefficient (Wildman–Crippen LogP) is 4.73. The zero-order valence-electron chi connectivity index (χ0n) is 11.4. The Hall–Kier alpha value is -1.36. The number of hydrogen-bond donors (Lipinski definition) is 0. The average molecular weight is 282 g/mol. The first-order valence-corrected chi connectivity index (χ1v) is 7.00. The van der Waals surface area contributed by atoms with E-state index in [0.29, 0.717) is 11.4 Å². The van der Waals surface area contributed by atoms with Gasteiger partial charge in [0.25, 0.3) is 0 Å². The molecule has 1 aromatic heterocycles. The van der Waals surface area contributed by atoms with Gasteiger partial charge in [-0.3, -0.25) is 0 Å². The second-order valence-electron chi connectivity index (χ2n) is 5.12. The van der Waals surface area contributed by atoms with E-state index in [-0.39, 0.29) is 11.8 Å². The van der Waals surface area contributed by atoms with Gasteiger partial charge in [0.05, 0.1) is 0 Å². The highest BCUT2D eigenvalue weighted by atomic mass is 32.1. The van der Waals surface area contributed by atoms with Crippen molar-refractivity contribution in [3.8, 4) is 11.4 Å². The van der Waals surface area contributed by atoms with E-state index in [1.54, 1.807) is 0 Å². The van der Waals surface area contributed by atoms with Crippen LogP contribution in [0.4, 0.5) is 8.78 Å². The van der Waals surface area contributed by atoms with Gasteiger partial charge in [0.15, 0.2) is 17.5 Å². The van der Waals surface area contributed by atoms with Crippen molar-refractivity contribution in [2.45, 2.75) is 39.5 Å². The second-order valence-corrected chi connectivity index (χ2v) is 5.90. The Bertz CT molecular complexity index is 591. The molecular formula is C14H16F2N2S. The highest BCUT2D eigenvalue weighted by molar-refractivity contribution is 7.05. The Labute approximate surface area is 115 Å². The van der Waals surface area contributed by atoms with Crippen LogP contribution in [-0.4, -0.2) is 9.36 Å². The standard InChI is InChI=1S/C14H16F2N2S/c1-7(2)9-5-11(15)12(16)6-10(9)13-17-14(8(3)4)19-18-13/h5-8H,1-4H3. The summed E-state index contributed by atoms with van der Waals surface area (Å²) in [6.45, 7) is 7.93. The molecule has 0 amide bonds. The Morgan fingerprint density at radius 3 is 2.16 bits per heavy atom. The molecule has 2 nitrogen and oxygen atoms in total. The van der Waals surface area contributed by atoms with Gasteiger partial charge < -0.3 is 0 Å². The van der Waals surface area contributed by atoms with Gasteiger partial charge in [0, 0.05) is 11.5 Å². The first-order valence-electron chi connectivity index (χ1n) is 6.23. The van der Waals surface area contributed by atoms with Gasteiger partial charge in [-0.15, -0.1) is 0 Å². The molecule has 1 heterocycles. The van der Waals surface area contributed by atoms with E-state index in [1.165, 1.54) is 23.7 Å². The Morgan fingerprint density at radius 1 is 1.00 bits per heavy atom. The molecule has 102 valence electrons. The molecule has 2 aromatic rings. The molecule has 19 heavy (non-hydrogen) atoms. The molecule has 0 bridgehead atoms. The minimum Gasteiger partial charge on any atom is -0.219 e. The fourth-order valence-electron chi connectivity index (χ4n) is 1.81. The molecule has 2 rings (SSSR count). The van der Waals surface area contributed by atoms with Gasteiger partial charge in [-0.25, -0.2) is 13.8 Å². The maximum absolute atomic E-state index is 13.4. The normalized spacial score (nSPS) is 11.6. The second kappa shape index (κ2) is 5.33. The van der Waals surface area contributed by atoms with Gasteiger partial charge in [-0.1, -0.05) is 27.7 Å². The molecule has 0 saturated heterocycles. The summed E-state index contributed by atoms with van der Waals surface area (Å²) in [5.41, 5.74) is 1.31. The number of aromatic nitrogens is 2. The van der Waals surface area contributed by atoms with Crippen LogP contribution in [-0.2, 0) is 0 Å². The van der Waals surface area contributed by atoms with Gasteiger partial charge in [-0.05, 0) is 35.1 Å². The minimum atomic E-state index is -0.861. The first kappa shape index (κ1) is 14.1. The van der Waals surface area contributed by atoms with Gasteiger partial charge in [0.2, 0.25) is 0 Å². The largest absolute Gasteiger partial charge is 0.219 e. The molecule has 0 aliphatic rings. The highest BCUT2D eigenvalue weighted by Crippen LogP contribution is 2.31. The number of halogens is 2. The van der Waals surface area contributed by atoms with Crippen LogP contribution in [0.15, 0.2) is 12.1 Å². The maximum Gasteiger partial charge on any atom is 0.173 e. The topological polar surface area (TPSA) is 25.8 Å². The molecule has 5 heteroatoms. The van der Waals surface area contributed by atoms with Gasteiger partial charge >= 0.3 is 0 Å². The minimum absolute atomic E-state index is 0.0797. The summed E-state index contributed by atoms with van der Waals surface area (Å²) in [5, 5.41) is 0.898. The molecule has 0 aliphatic heterocycles. The summed E-state index contributed by atoms with van der Waals surface area (Å²) in [5.74, 6) is -0.849. The van der Waals surface area contributed by atoms with E-state index in [1.807, 2.05) is 27.7 Å². The Balaban J connectivity index is 2.56. The fraction of sp³-hybridized carbons (Fsp3) is 0.429. The van der Waals surface area contributed by atoms with Gasteiger partial charge in [-0.2, -0.15) is 4.37 Å². The van der Waals surface area contributed by atoms with Crippen LogP contribution in [0.3, 0.4) is 0 Å². The van der Waals surface area contributed by atoms with Crippen molar-refractivity contribution in [1.29, 1.82) is 0 Å². The van der Waals surface area contributed by atoms with Crippen LogP contribution >= 0.6 is 11.5 Å². The third-order valence-corrected chi connectivity index (χ3v) is 3.90. The summed E-state index contributed by atoms with van der Waals surface area (Å²) in [7, 11) is 0. The Morgan fingerprint density at radius 2 is 1.63 bits per heavy atom. The lowest BCUT2D eigenvalue weighted by atomic mass is 9.96. The third-order valence-electron chi connectivity index (χ3n) is 2.89. The van der Waals surface area contributed by atoms with Crippen LogP contribution in [0, 0.1) is 11.6 Å². The van der Waals surface area contributed by atoms with Crippen molar-refractivity contribution in [2.75, 3.05) is 0 Å². The quantitative estimate of drug-likeness (QED) is 0.813. The lowest BCUT2D eigenvalue weighted by Gasteiger charge is -2.11. The van der Waals surface area contributed by atoms with Crippen molar-refractivity contribution < 1.29 is 8.78 Å². The third kappa shape index (κ3) is 2.81. The number of hydrogen-bond acceptors (Lipinski definition) is 3. The van der Waals surface area contributed by atoms with Crippen LogP contribution < -0.4 is 0 Å². The average Bonchev–Trinajstić information content (AvgIpc) is 2.81. The number of rotatable bonds is 3. The number of benzene rings is 1. The maximum atomic E-state index is 13.4. The molecule has 0 spiro atoms. The molecular weight excluding hydrogens is 266 g/mol. The molecule has 0 fully saturated rings. The van der Waals surface area contributed by atoms with E-state index in [4.69, 9.17) is 0 Å². The molecule has 1 aromatic carbocycles. The van der Waals surface area contributed by atoms with E-state index in [2.05, 4.69) is 9.36 Å². The van der Waals surface area contributed by atoms with Crippen molar-refractivity contribution in [2.24, 2.45) is 0 Å². The lowest BCUT2D eigenvalue weighted by molar-refractivity contribution is 0.506. The van der Waals surface area contributed by atoms with Gasteiger partial charge in [0.1, 0.15) is 5.01 Å². The summed E-state index contributed by atoms with van der Waals surface area (Å²) in [6, 6.07) is 2.43. The smallest absolute Gasteiger partial charge is 0.173 e. The van der Waals surface area contributed by atoms with E-state index in [9.17, 15) is 8.78 Å². The van der Waals surface area contributed by atoms with Crippen molar-refractivity contribution in [3.05, 3.63) is 34.3 Å². The Kier molecular flexibility index (Phi) is 3.94. The van der Waals surface area contributed by atoms with Crippen LogP contribution in [0.1, 0.15) is 50.1 Å². The number of nitrogens with zero attached hydrogens (tertiary/aromatic N) is 2. The van der Waals surface area contributed by atoms with E-state index in [0.717, 1.165) is 10.6 Å². The van der Waals surface area contributed by atoms with Crippen LogP contribution in [0.2, 0.25) is 0 Å². The molecule has 0 atom stereocenters. The van der Waals surface area contributed by atoms with Crippen molar-refractivity contribution in [3.63, 3.8) is 0 Å². The molecule has 0 aliphatic carbocycles. The van der Waals surface area contributed by atoms with Crippen LogP contribution in [0.5, 0.6) is 0 Å². The van der Waals surface area contributed by atoms with E-state index >= 15 is 0 Å². The predicted molar refractivity (Wildman–Crippen MR) is 73.4 cm³/mol. The van der Waals surface area contributed by atoms with E-state index < -0.39 is 11.6 Å². The molecule has 0 N–H and O–H groups in total. The fourth-order valence-corrected chi connectivity index (χ4v) is 2.47. The zero-order valence-corrected chi connectivity index (χ0v) is 12.2. The summed E-state index contributed by atoms with van der Waals surface area (Å²) in [4.78, 5) is 4.41. The van der Waals surface area contributed by atoms with Crippen LogP contribution in [0.25, 0.3) is 11.4 Å². The van der Waals surface area contributed by atoms with Crippen molar-refractivity contribution in [1.82, 2.24) is 9.36 Å². The van der Waals surface area contributed by atoms with Crippen molar-refractivity contribution >= 4 is 11.5 Å². The zero-order chi connectivity index (χ0) is 14.2.